The van der Waals surface area contributed by atoms with Crippen LogP contribution < -0.4 is 0 Å². The second-order valence-electron chi connectivity index (χ2n) is 13.1. The molecule has 1 heterocycles. The number of hydrogen-bond acceptors (Lipinski definition) is 5. The first-order valence-electron chi connectivity index (χ1n) is 14.4. The first-order valence-corrected chi connectivity index (χ1v) is 17.3. The molecule has 208 valence electrons. The molecule has 0 amide bonds. The molecular formula is C31H50O5Si. The molecule has 0 fully saturated rings. The smallest absolute Gasteiger partial charge is 0.312 e. The van der Waals surface area contributed by atoms with Crippen molar-refractivity contribution in [3.8, 4) is 0 Å². The lowest BCUT2D eigenvalue weighted by Gasteiger charge is -2.42. The lowest BCUT2D eigenvalue weighted by Crippen LogP contribution is -2.48. The average molecular weight is 531 g/mol. The van der Waals surface area contributed by atoms with Gasteiger partial charge in [-0.15, -0.1) is 0 Å². The topological polar surface area (TPSA) is 61.8 Å². The van der Waals surface area contributed by atoms with Crippen molar-refractivity contribution in [2.75, 3.05) is 6.61 Å². The van der Waals surface area contributed by atoms with Gasteiger partial charge in [0, 0.05) is 18.4 Å². The van der Waals surface area contributed by atoms with E-state index in [0.29, 0.717) is 24.9 Å². The van der Waals surface area contributed by atoms with Crippen molar-refractivity contribution < 1.29 is 23.5 Å². The van der Waals surface area contributed by atoms with E-state index in [1.54, 1.807) is 6.08 Å². The third-order valence-electron chi connectivity index (χ3n) is 9.67. The van der Waals surface area contributed by atoms with Gasteiger partial charge in [-0.25, -0.2) is 0 Å². The van der Waals surface area contributed by atoms with Crippen molar-refractivity contribution in [1.29, 1.82) is 0 Å². The van der Waals surface area contributed by atoms with E-state index in [9.17, 15) is 9.59 Å². The molecule has 37 heavy (non-hydrogen) atoms. The molecule has 0 spiro atoms. The highest BCUT2D eigenvalue weighted by Gasteiger charge is 2.43. The van der Waals surface area contributed by atoms with Gasteiger partial charge in [0.15, 0.2) is 14.1 Å². The average Bonchev–Trinajstić information content (AvgIpc) is 2.83. The summed E-state index contributed by atoms with van der Waals surface area (Å²) in [5.74, 6) is 1.57. The predicted molar refractivity (Wildman–Crippen MR) is 152 cm³/mol. The van der Waals surface area contributed by atoms with Crippen LogP contribution >= 0.6 is 0 Å². The molecule has 5 atom stereocenters. The van der Waals surface area contributed by atoms with Gasteiger partial charge in [-0.3, -0.25) is 9.59 Å². The Kier molecular flexibility index (Phi) is 9.38. The minimum absolute atomic E-state index is 0.0196. The van der Waals surface area contributed by atoms with Crippen LogP contribution in [0.15, 0.2) is 35.6 Å². The summed E-state index contributed by atoms with van der Waals surface area (Å²) in [6.07, 6.45) is 12.8. The second-order valence-corrected chi connectivity index (χ2v) is 17.9. The van der Waals surface area contributed by atoms with Crippen LogP contribution in [0.5, 0.6) is 0 Å². The minimum Gasteiger partial charge on any atom is -0.495 e. The number of ketones is 1. The van der Waals surface area contributed by atoms with Crippen LogP contribution in [0.1, 0.15) is 87.0 Å². The van der Waals surface area contributed by atoms with Crippen LogP contribution in [0.25, 0.3) is 0 Å². The third-order valence-corrected chi connectivity index (χ3v) is 14.2. The summed E-state index contributed by atoms with van der Waals surface area (Å²) in [6.45, 7) is 19.5. The molecule has 3 aliphatic rings. The number of carbonyl (C=O) groups is 2. The van der Waals surface area contributed by atoms with Crippen LogP contribution in [0.4, 0.5) is 0 Å². The lowest BCUT2D eigenvalue weighted by atomic mass is 9.66. The molecule has 5 nitrogen and oxygen atoms in total. The van der Waals surface area contributed by atoms with Crippen molar-refractivity contribution in [3.05, 3.63) is 35.6 Å². The van der Waals surface area contributed by atoms with Gasteiger partial charge in [0.1, 0.15) is 18.8 Å². The first kappa shape index (κ1) is 29.9. The maximum atomic E-state index is 13.2. The number of ether oxygens (including phenoxy) is 2. The summed E-state index contributed by atoms with van der Waals surface area (Å²) in [4.78, 5) is 26.1. The van der Waals surface area contributed by atoms with Crippen LogP contribution in [0, 0.1) is 23.2 Å². The van der Waals surface area contributed by atoms with Gasteiger partial charge in [0.25, 0.3) is 0 Å². The Morgan fingerprint density at radius 3 is 2.43 bits per heavy atom. The Labute approximate surface area is 226 Å². The van der Waals surface area contributed by atoms with E-state index < -0.39 is 19.8 Å². The molecule has 0 aromatic heterocycles. The van der Waals surface area contributed by atoms with E-state index in [1.165, 1.54) is 5.57 Å². The monoisotopic (exact) mass is 530 g/mol. The normalized spacial score (nSPS) is 28.7. The maximum Gasteiger partial charge on any atom is 0.312 e. The van der Waals surface area contributed by atoms with Gasteiger partial charge in [0.2, 0.25) is 0 Å². The Bertz CT molecular complexity index is 934. The van der Waals surface area contributed by atoms with Gasteiger partial charge in [0.05, 0.1) is 11.2 Å². The van der Waals surface area contributed by atoms with Crippen LogP contribution in [-0.4, -0.2) is 38.9 Å². The molecule has 1 unspecified atom stereocenters. The van der Waals surface area contributed by atoms with E-state index in [0.717, 1.165) is 37.9 Å². The van der Waals surface area contributed by atoms with Gasteiger partial charge in [-0.05, 0) is 74.6 Å². The lowest BCUT2D eigenvalue weighted by molar-refractivity contribution is -0.165. The molecule has 0 saturated heterocycles. The van der Waals surface area contributed by atoms with Crippen molar-refractivity contribution in [1.82, 2.24) is 0 Å². The van der Waals surface area contributed by atoms with Crippen LogP contribution in [-0.2, 0) is 23.5 Å². The standard InChI is InChI=1S/C31H50O5Si/c1-10-31(7,11-2)29(33)35-26-14-12-13-22-16-15-21(3)24(28(22)26)18-17-23-19-25(32)27(20-34-23)36-37(8,9)30(4,5)6/h13,15-16,19,21,24,26-28H,10-12,14,17-18,20H2,1-9H3/t21-,24-,26-,27?,28-/m0/s1. The first-order chi connectivity index (χ1) is 17.2. The van der Waals surface area contributed by atoms with Crippen molar-refractivity contribution in [2.45, 2.75) is 117 Å². The summed E-state index contributed by atoms with van der Waals surface area (Å²) in [7, 11) is -2.06. The molecule has 0 radical (unpaired) electrons. The Hall–Kier alpha value is -1.66. The summed E-state index contributed by atoms with van der Waals surface area (Å²) < 4.78 is 18.7. The Morgan fingerprint density at radius 2 is 1.84 bits per heavy atom. The van der Waals surface area contributed by atoms with Crippen molar-refractivity contribution in [2.24, 2.45) is 23.2 Å². The fourth-order valence-electron chi connectivity index (χ4n) is 5.41. The molecule has 0 aromatic rings. The highest BCUT2D eigenvalue weighted by atomic mass is 28.4. The molecule has 3 rings (SSSR count). The number of carbonyl (C=O) groups excluding carboxylic acids is 2. The highest BCUT2D eigenvalue weighted by Crippen LogP contribution is 2.45. The molecule has 0 saturated carbocycles. The molecule has 2 aliphatic carbocycles. The Balaban J connectivity index is 1.70. The number of allylic oxidation sites excluding steroid dienone is 4. The van der Waals surface area contributed by atoms with E-state index in [2.05, 4.69) is 72.9 Å². The zero-order valence-electron chi connectivity index (χ0n) is 24.7. The predicted octanol–water partition coefficient (Wildman–Crippen LogP) is 7.54. The number of fused-ring (bicyclic) bond motifs is 1. The van der Waals surface area contributed by atoms with Crippen LogP contribution in [0.3, 0.4) is 0 Å². The highest BCUT2D eigenvalue weighted by molar-refractivity contribution is 6.74. The molecule has 1 aliphatic heterocycles. The molecular weight excluding hydrogens is 480 g/mol. The Morgan fingerprint density at radius 1 is 1.16 bits per heavy atom. The van der Waals surface area contributed by atoms with E-state index in [1.807, 2.05) is 6.92 Å². The fraction of sp³-hybridized carbons (Fsp3) is 0.742. The van der Waals surface area contributed by atoms with Crippen LogP contribution in [0.2, 0.25) is 18.1 Å². The van der Waals surface area contributed by atoms with E-state index >= 15 is 0 Å². The number of rotatable bonds is 9. The fourth-order valence-corrected chi connectivity index (χ4v) is 6.66. The maximum absolute atomic E-state index is 13.2. The zero-order valence-corrected chi connectivity index (χ0v) is 25.7. The second kappa shape index (κ2) is 11.6. The van der Waals surface area contributed by atoms with Gasteiger partial charge in [-0.1, -0.05) is 59.8 Å². The van der Waals surface area contributed by atoms with Gasteiger partial charge in [-0.2, -0.15) is 0 Å². The number of hydrogen-bond donors (Lipinski definition) is 0. The van der Waals surface area contributed by atoms with Gasteiger partial charge < -0.3 is 13.9 Å². The van der Waals surface area contributed by atoms with Gasteiger partial charge >= 0.3 is 5.97 Å². The third kappa shape index (κ3) is 6.68. The number of esters is 1. The molecule has 0 N–H and O–H groups in total. The summed E-state index contributed by atoms with van der Waals surface area (Å²) in [6, 6.07) is 0. The molecule has 6 heteroatoms. The quantitative estimate of drug-likeness (QED) is 0.228. The van der Waals surface area contributed by atoms with E-state index in [-0.39, 0.29) is 28.8 Å². The molecule has 0 aromatic carbocycles. The summed E-state index contributed by atoms with van der Waals surface area (Å²) >= 11 is 0. The molecule has 0 bridgehead atoms. The van der Waals surface area contributed by atoms with Crippen molar-refractivity contribution >= 4 is 20.1 Å². The van der Waals surface area contributed by atoms with E-state index in [4.69, 9.17) is 13.9 Å². The summed E-state index contributed by atoms with van der Waals surface area (Å²) in [5, 5.41) is 0.0405. The minimum atomic E-state index is -2.06. The van der Waals surface area contributed by atoms with Crippen molar-refractivity contribution in [3.63, 3.8) is 0 Å². The zero-order chi connectivity index (χ0) is 27.6. The largest absolute Gasteiger partial charge is 0.495 e. The SMILES string of the molecule is CCC(C)(CC)C(=O)O[C@H]1CCC=C2C=C[C@H](C)[C@H](CCC3=CC(=O)C(O[Si](C)(C)C(C)(C)C)CO3)[C@H]21. The summed E-state index contributed by atoms with van der Waals surface area (Å²) in [5.41, 5.74) is 0.858.